The van der Waals surface area contributed by atoms with Crippen molar-refractivity contribution in [1.82, 2.24) is 9.78 Å². The van der Waals surface area contributed by atoms with Gasteiger partial charge in [0.15, 0.2) is 0 Å². The second-order valence-corrected chi connectivity index (χ2v) is 7.66. The molecule has 1 aliphatic heterocycles. The highest BCUT2D eigenvalue weighted by Gasteiger charge is 2.30. The second kappa shape index (κ2) is 5.50. The van der Waals surface area contributed by atoms with Crippen molar-refractivity contribution >= 4 is 34.8 Å². The van der Waals surface area contributed by atoms with Gasteiger partial charge in [0.05, 0.1) is 23.2 Å². The number of amides is 1. The Labute approximate surface area is 131 Å². The molecule has 2 aromatic heterocycles. The smallest absolute Gasteiger partial charge is 0.235 e. The van der Waals surface area contributed by atoms with Gasteiger partial charge in [0.1, 0.15) is 5.82 Å². The van der Waals surface area contributed by atoms with E-state index in [2.05, 4.69) is 32.6 Å². The van der Waals surface area contributed by atoms with E-state index in [1.54, 1.807) is 23.1 Å². The van der Waals surface area contributed by atoms with Gasteiger partial charge in [0.2, 0.25) is 5.91 Å². The van der Waals surface area contributed by atoms with Crippen molar-refractivity contribution in [1.29, 1.82) is 0 Å². The molecule has 6 heteroatoms. The summed E-state index contributed by atoms with van der Waals surface area (Å²) in [4.78, 5) is 13.4. The normalized spacial score (nSPS) is 22.9. The van der Waals surface area contributed by atoms with Crippen LogP contribution in [0.1, 0.15) is 47.4 Å². The van der Waals surface area contributed by atoms with Crippen LogP contribution in [0.3, 0.4) is 0 Å². The van der Waals surface area contributed by atoms with Crippen molar-refractivity contribution in [2.24, 2.45) is 0 Å². The van der Waals surface area contributed by atoms with Crippen molar-refractivity contribution < 1.29 is 4.79 Å². The van der Waals surface area contributed by atoms with Gasteiger partial charge in [-0.05, 0) is 24.3 Å². The zero-order valence-corrected chi connectivity index (χ0v) is 13.3. The number of rotatable bonds is 2. The molecule has 0 spiro atoms. The third-order valence-electron chi connectivity index (χ3n) is 4.22. The minimum atomic E-state index is 0.0834. The number of hydrogen-bond acceptors (Lipinski definition) is 4. The zero-order valence-electron chi connectivity index (χ0n) is 11.6. The molecule has 2 aliphatic rings. The number of thiophene rings is 1. The standard InChI is InChI=1S/C15H17N3OS2/c19-13-9-21-14(12-6-3-7-20-12)11-8-16-18(15(11)17-13)10-4-1-2-5-10/h3,6-8,10,14H,1-2,4-5,9H2,(H,17,19)/t14-/m1/s1. The number of thioether (sulfide) groups is 1. The fraction of sp³-hybridized carbons (Fsp3) is 0.467. The lowest BCUT2D eigenvalue weighted by atomic mass is 10.2. The molecule has 4 nitrogen and oxygen atoms in total. The Morgan fingerprint density at radius 2 is 2.19 bits per heavy atom. The van der Waals surface area contributed by atoms with Crippen LogP contribution in [0.4, 0.5) is 5.82 Å². The van der Waals surface area contributed by atoms with Crippen molar-refractivity contribution in [2.45, 2.75) is 37.0 Å². The summed E-state index contributed by atoms with van der Waals surface area (Å²) in [6, 6.07) is 4.66. The molecule has 110 valence electrons. The summed E-state index contributed by atoms with van der Waals surface area (Å²) in [6.45, 7) is 0. The van der Waals surface area contributed by atoms with E-state index in [-0.39, 0.29) is 11.2 Å². The molecule has 1 saturated carbocycles. The molecular formula is C15H17N3OS2. The molecule has 0 aromatic carbocycles. The lowest BCUT2D eigenvalue weighted by Gasteiger charge is -2.15. The molecule has 4 rings (SSSR count). The first-order chi connectivity index (χ1) is 10.3. The average Bonchev–Trinajstić information content (AvgIpc) is 3.19. The first-order valence-corrected chi connectivity index (χ1v) is 9.28. The lowest BCUT2D eigenvalue weighted by Crippen LogP contribution is -2.18. The summed E-state index contributed by atoms with van der Waals surface area (Å²) in [7, 11) is 0. The number of carbonyl (C=O) groups excluding carboxylic acids is 1. The van der Waals surface area contributed by atoms with Gasteiger partial charge in [-0.25, -0.2) is 4.68 Å². The van der Waals surface area contributed by atoms with Gasteiger partial charge >= 0.3 is 0 Å². The lowest BCUT2D eigenvalue weighted by molar-refractivity contribution is -0.113. The fourth-order valence-corrected chi connectivity index (χ4v) is 5.29. The summed E-state index contributed by atoms with van der Waals surface area (Å²) in [5.74, 6) is 1.51. The molecular weight excluding hydrogens is 302 g/mol. The quantitative estimate of drug-likeness (QED) is 0.915. The highest BCUT2D eigenvalue weighted by Crippen LogP contribution is 2.44. The van der Waals surface area contributed by atoms with Crippen LogP contribution in [0.2, 0.25) is 0 Å². The molecule has 21 heavy (non-hydrogen) atoms. The van der Waals surface area contributed by atoms with Crippen LogP contribution < -0.4 is 5.32 Å². The van der Waals surface area contributed by atoms with Crippen LogP contribution in [-0.2, 0) is 4.79 Å². The van der Waals surface area contributed by atoms with E-state index in [9.17, 15) is 4.79 Å². The molecule has 3 heterocycles. The Bertz CT molecular complexity index is 644. The molecule has 1 N–H and O–H groups in total. The third-order valence-corrected chi connectivity index (χ3v) is 6.57. The van der Waals surface area contributed by atoms with Crippen molar-refractivity contribution in [3.05, 3.63) is 34.2 Å². The van der Waals surface area contributed by atoms with Crippen LogP contribution in [0.5, 0.6) is 0 Å². The van der Waals surface area contributed by atoms with Crippen LogP contribution >= 0.6 is 23.1 Å². The summed E-state index contributed by atoms with van der Waals surface area (Å²) in [6.07, 6.45) is 6.81. The molecule has 1 amide bonds. The van der Waals surface area contributed by atoms with Crippen LogP contribution in [-0.4, -0.2) is 21.4 Å². The van der Waals surface area contributed by atoms with Gasteiger partial charge in [-0.1, -0.05) is 18.9 Å². The van der Waals surface area contributed by atoms with Crippen molar-refractivity contribution in [3.63, 3.8) is 0 Å². The van der Waals surface area contributed by atoms with E-state index in [1.807, 2.05) is 6.20 Å². The average molecular weight is 319 g/mol. The Morgan fingerprint density at radius 1 is 1.33 bits per heavy atom. The van der Waals surface area contributed by atoms with E-state index in [0.29, 0.717) is 11.8 Å². The van der Waals surface area contributed by atoms with E-state index >= 15 is 0 Å². The van der Waals surface area contributed by atoms with Crippen molar-refractivity contribution in [2.75, 3.05) is 11.1 Å². The zero-order chi connectivity index (χ0) is 14.2. The van der Waals surface area contributed by atoms with Gasteiger partial charge in [0.25, 0.3) is 0 Å². The predicted molar refractivity (Wildman–Crippen MR) is 87.0 cm³/mol. The fourth-order valence-electron chi connectivity index (χ4n) is 3.22. The largest absolute Gasteiger partial charge is 0.310 e. The Balaban J connectivity index is 1.77. The topological polar surface area (TPSA) is 46.9 Å². The Kier molecular flexibility index (Phi) is 3.51. The van der Waals surface area contributed by atoms with Crippen molar-refractivity contribution in [3.8, 4) is 0 Å². The molecule has 2 aromatic rings. The predicted octanol–water partition coefficient (Wildman–Crippen LogP) is 3.83. The molecule has 0 unspecified atom stereocenters. The maximum Gasteiger partial charge on any atom is 0.235 e. The monoisotopic (exact) mass is 319 g/mol. The Hall–Kier alpha value is -1.27. The van der Waals surface area contributed by atoms with Gasteiger partial charge in [-0.15, -0.1) is 23.1 Å². The van der Waals surface area contributed by atoms with E-state index in [4.69, 9.17) is 0 Å². The molecule has 1 fully saturated rings. The van der Waals surface area contributed by atoms with Gasteiger partial charge in [-0.3, -0.25) is 4.79 Å². The molecule has 0 saturated heterocycles. The number of aromatic nitrogens is 2. The van der Waals surface area contributed by atoms with Gasteiger partial charge in [0, 0.05) is 10.4 Å². The molecule has 0 radical (unpaired) electrons. The minimum absolute atomic E-state index is 0.0834. The molecule has 0 bridgehead atoms. The van der Waals surface area contributed by atoms with E-state index < -0.39 is 0 Å². The number of nitrogens with zero attached hydrogens (tertiary/aromatic N) is 2. The molecule has 1 atom stereocenters. The van der Waals surface area contributed by atoms with Crippen LogP contribution in [0.15, 0.2) is 23.7 Å². The number of carbonyl (C=O) groups is 1. The number of hydrogen-bond donors (Lipinski definition) is 1. The highest BCUT2D eigenvalue weighted by atomic mass is 32.2. The van der Waals surface area contributed by atoms with Gasteiger partial charge in [-0.2, -0.15) is 5.10 Å². The number of anilines is 1. The maximum absolute atomic E-state index is 12.1. The Morgan fingerprint density at radius 3 is 2.95 bits per heavy atom. The summed E-state index contributed by atoms with van der Waals surface area (Å²) >= 11 is 3.44. The maximum atomic E-state index is 12.1. The highest BCUT2D eigenvalue weighted by molar-refractivity contribution is 8.00. The molecule has 1 aliphatic carbocycles. The van der Waals surface area contributed by atoms with Crippen LogP contribution in [0.25, 0.3) is 0 Å². The first kappa shape index (κ1) is 13.4. The summed E-state index contributed by atoms with van der Waals surface area (Å²) < 4.78 is 2.06. The van der Waals surface area contributed by atoms with Crippen LogP contribution in [0, 0.1) is 0 Å². The number of fused-ring (bicyclic) bond motifs is 1. The van der Waals surface area contributed by atoms with Gasteiger partial charge < -0.3 is 5.32 Å². The first-order valence-electron chi connectivity index (χ1n) is 7.35. The van der Waals surface area contributed by atoms with E-state index in [1.165, 1.54) is 30.6 Å². The minimum Gasteiger partial charge on any atom is -0.310 e. The SMILES string of the molecule is O=C1CS[C@@H](c2cccs2)c2cnn(C3CCCC3)c2N1. The summed E-state index contributed by atoms with van der Waals surface area (Å²) in [5.41, 5.74) is 1.15. The number of nitrogens with one attached hydrogen (secondary N) is 1. The summed E-state index contributed by atoms with van der Waals surface area (Å²) in [5, 5.41) is 10.0. The third kappa shape index (κ3) is 2.40. The van der Waals surface area contributed by atoms with E-state index in [0.717, 1.165) is 11.4 Å². The second-order valence-electron chi connectivity index (χ2n) is 5.59.